The molecule has 6 nitrogen and oxygen atoms in total. The lowest BCUT2D eigenvalue weighted by Crippen LogP contribution is -2.41. The maximum absolute atomic E-state index is 10.7. The topological polar surface area (TPSA) is 74.8 Å². The van der Waals surface area contributed by atoms with Gasteiger partial charge in [-0.15, -0.1) is 0 Å². The number of ether oxygens (including phenoxy) is 1. The summed E-state index contributed by atoms with van der Waals surface area (Å²) < 4.78 is 5.57. The lowest BCUT2D eigenvalue weighted by Gasteiger charge is -2.11. The predicted molar refractivity (Wildman–Crippen MR) is 80.8 cm³/mol. The lowest BCUT2D eigenvalue weighted by molar-refractivity contribution is -0.118. The Morgan fingerprint density at radius 1 is 1.25 bits per heavy atom. The van der Waals surface area contributed by atoms with Crippen molar-refractivity contribution < 1.29 is 9.53 Å². The van der Waals surface area contributed by atoms with Crippen molar-refractivity contribution in [2.24, 2.45) is 10.9 Å². The summed E-state index contributed by atoms with van der Waals surface area (Å²) in [5.41, 5.74) is 0. The molecule has 1 aliphatic rings. The third-order valence-electron chi connectivity index (χ3n) is 2.90. The van der Waals surface area contributed by atoms with Crippen LogP contribution in [0.5, 0.6) is 0 Å². The van der Waals surface area contributed by atoms with E-state index in [9.17, 15) is 4.79 Å². The molecule has 1 aliphatic carbocycles. The number of carbonyl (C=O) groups excluding carboxylic acids is 1. The molecule has 0 unspecified atom stereocenters. The molecule has 0 radical (unpaired) electrons. The van der Waals surface area contributed by atoms with Gasteiger partial charge in [0.05, 0.1) is 0 Å². The van der Waals surface area contributed by atoms with Crippen LogP contribution in [0.2, 0.25) is 0 Å². The molecule has 0 saturated heterocycles. The molecule has 0 aromatic carbocycles. The molecular weight excluding hydrogens is 256 g/mol. The van der Waals surface area contributed by atoms with Gasteiger partial charge in [0.25, 0.3) is 0 Å². The van der Waals surface area contributed by atoms with Crippen molar-refractivity contribution in [3.63, 3.8) is 0 Å². The van der Waals surface area contributed by atoms with E-state index >= 15 is 0 Å². The van der Waals surface area contributed by atoms with E-state index in [1.165, 1.54) is 19.8 Å². The number of guanidine groups is 1. The van der Waals surface area contributed by atoms with Gasteiger partial charge in [-0.2, -0.15) is 0 Å². The van der Waals surface area contributed by atoms with Crippen molar-refractivity contribution in [1.29, 1.82) is 0 Å². The van der Waals surface area contributed by atoms with Gasteiger partial charge in [0, 0.05) is 46.3 Å². The maximum Gasteiger partial charge on any atom is 0.216 e. The molecule has 1 saturated carbocycles. The second-order valence-electron chi connectivity index (χ2n) is 5.04. The van der Waals surface area contributed by atoms with E-state index in [1.807, 2.05) is 6.92 Å². The van der Waals surface area contributed by atoms with Crippen LogP contribution < -0.4 is 16.0 Å². The Balaban J connectivity index is 2.04. The average Bonchev–Trinajstić information content (AvgIpc) is 3.22. The van der Waals surface area contributed by atoms with Crippen molar-refractivity contribution in [1.82, 2.24) is 16.0 Å². The van der Waals surface area contributed by atoms with Crippen LogP contribution in [0.15, 0.2) is 4.99 Å². The Morgan fingerprint density at radius 2 is 2.00 bits per heavy atom. The molecule has 20 heavy (non-hydrogen) atoms. The molecule has 6 heteroatoms. The van der Waals surface area contributed by atoms with E-state index in [4.69, 9.17) is 4.74 Å². The van der Waals surface area contributed by atoms with E-state index in [0.717, 1.165) is 44.6 Å². The summed E-state index contributed by atoms with van der Waals surface area (Å²) in [4.78, 5) is 15.2. The molecule has 0 heterocycles. The third-order valence-corrected chi connectivity index (χ3v) is 2.90. The van der Waals surface area contributed by atoms with Crippen molar-refractivity contribution in [3.8, 4) is 0 Å². The van der Waals surface area contributed by atoms with Gasteiger partial charge in [-0.25, -0.2) is 0 Å². The average molecular weight is 284 g/mol. The van der Waals surface area contributed by atoms with Crippen LogP contribution in [0.4, 0.5) is 0 Å². The SMILES string of the molecule is CCNC(=NCCCOCC1CC1)NCCNC(C)=O. The fraction of sp³-hybridized carbons (Fsp3) is 0.857. The maximum atomic E-state index is 10.7. The van der Waals surface area contributed by atoms with Crippen LogP contribution >= 0.6 is 0 Å². The summed E-state index contributed by atoms with van der Waals surface area (Å²) in [6.45, 7) is 8.09. The van der Waals surface area contributed by atoms with Crippen molar-refractivity contribution in [3.05, 3.63) is 0 Å². The fourth-order valence-electron chi connectivity index (χ4n) is 1.65. The Hall–Kier alpha value is -1.30. The lowest BCUT2D eigenvalue weighted by atomic mass is 10.4. The molecule has 0 spiro atoms. The fourth-order valence-corrected chi connectivity index (χ4v) is 1.65. The molecule has 0 bridgehead atoms. The van der Waals surface area contributed by atoms with E-state index in [-0.39, 0.29) is 5.91 Å². The van der Waals surface area contributed by atoms with Gasteiger partial charge in [-0.05, 0) is 32.1 Å². The van der Waals surface area contributed by atoms with Gasteiger partial charge in [-0.3, -0.25) is 9.79 Å². The predicted octanol–water partition coefficient (Wildman–Crippen LogP) is 0.494. The highest BCUT2D eigenvalue weighted by Gasteiger charge is 2.20. The molecule has 1 fully saturated rings. The molecule has 1 amide bonds. The van der Waals surface area contributed by atoms with Crippen molar-refractivity contribution in [2.45, 2.75) is 33.1 Å². The Labute approximate surface area is 121 Å². The van der Waals surface area contributed by atoms with Crippen LogP contribution in [0.1, 0.15) is 33.1 Å². The zero-order chi connectivity index (χ0) is 14.6. The number of nitrogens with one attached hydrogen (secondary N) is 3. The minimum absolute atomic E-state index is 0.0125. The molecule has 1 rings (SSSR count). The highest BCUT2D eigenvalue weighted by molar-refractivity contribution is 5.79. The van der Waals surface area contributed by atoms with Gasteiger partial charge < -0.3 is 20.7 Å². The second kappa shape index (κ2) is 10.5. The summed E-state index contributed by atoms with van der Waals surface area (Å²) in [7, 11) is 0. The van der Waals surface area contributed by atoms with E-state index in [0.29, 0.717) is 13.1 Å². The summed E-state index contributed by atoms with van der Waals surface area (Å²) >= 11 is 0. The Morgan fingerprint density at radius 3 is 2.65 bits per heavy atom. The molecule has 3 N–H and O–H groups in total. The van der Waals surface area contributed by atoms with Gasteiger partial charge >= 0.3 is 0 Å². The van der Waals surface area contributed by atoms with Crippen molar-refractivity contribution in [2.75, 3.05) is 39.4 Å². The zero-order valence-corrected chi connectivity index (χ0v) is 12.7. The van der Waals surface area contributed by atoms with Crippen LogP contribution in [-0.2, 0) is 9.53 Å². The normalized spacial score (nSPS) is 15.0. The van der Waals surface area contributed by atoms with Gasteiger partial charge in [0.2, 0.25) is 5.91 Å². The second-order valence-corrected chi connectivity index (χ2v) is 5.04. The Kier molecular flexibility index (Phi) is 8.78. The van der Waals surface area contributed by atoms with E-state index < -0.39 is 0 Å². The van der Waals surface area contributed by atoms with Crippen LogP contribution in [-0.4, -0.2) is 51.3 Å². The monoisotopic (exact) mass is 284 g/mol. The standard InChI is InChI=1S/C14H28N4O2/c1-3-15-14(18-9-8-16-12(2)19)17-7-4-10-20-11-13-5-6-13/h13H,3-11H2,1-2H3,(H,16,19)(H2,15,17,18). The number of aliphatic imine (C=N–C) groups is 1. The molecule has 116 valence electrons. The first kappa shape index (κ1) is 16.8. The minimum Gasteiger partial charge on any atom is -0.381 e. The third kappa shape index (κ3) is 9.61. The molecule has 0 aromatic rings. The molecule has 0 aliphatic heterocycles. The quantitative estimate of drug-likeness (QED) is 0.310. The molecule has 0 aromatic heterocycles. The van der Waals surface area contributed by atoms with Gasteiger partial charge in [0.15, 0.2) is 5.96 Å². The van der Waals surface area contributed by atoms with Crippen molar-refractivity contribution >= 4 is 11.9 Å². The van der Waals surface area contributed by atoms with Crippen LogP contribution in [0.25, 0.3) is 0 Å². The minimum atomic E-state index is -0.0125. The zero-order valence-electron chi connectivity index (χ0n) is 12.7. The summed E-state index contributed by atoms with van der Waals surface area (Å²) in [5, 5.41) is 9.09. The van der Waals surface area contributed by atoms with E-state index in [1.54, 1.807) is 0 Å². The van der Waals surface area contributed by atoms with E-state index in [2.05, 4.69) is 20.9 Å². The number of nitrogens with zero attached hydrogens (tertiary/aromatic N) is 1. The number of rotatable bonds is 10. The molecule has 0 atom stereocenters. The highest BCUT2D eigenvalue weighted by atomic mass is 16.5. The first-order valence-electron chi connectivity index (χ1n) is 7.56. The molecular formula is C14H28N4O2. The summed E-state index contributed by atoms with van der Waals surface area (Å²) in [5.74, 6) is 1.60. The largest absolute Gasteiger partial charge is 0.381 e. The Bertz CT molecular complexity index is 304. The van der Waals surface area contributed by atoms with Gasteiger partial charge in [0.1, 0.15) is 0 Å². The number of hydrogen-bond donors (Lipinski definition) is 3. The van der Waals surface area contributed by atoms with Gasteiger partial charge in [-0.1, -0.05) is 0 Å². The van der Waals surface area contributed by atoms with Crippen LogP contribution in [0.3, 0.4) is 0 Å². The summed E-state index contributed by atoms with van der Waals surface area (Å²) in [6.07, 6.45) is 3.61. The summed E-state index contributed by atoms with van der Waals surface area (Å²) in [6, 6.07) is 0. The number of amides is 1. The first-order chi connectivity index (χ1) is 9.72. The number of carbonyl (C=O) groups is 1. The number of hydrogen-bond acceptors (Lipinski definition) is 3. The van der Waals surface area contributed by atoms with Crippen LogP contribution in [0, 0.1) is 5.92 Å². The first-order valence-corrected chi connectivity index (χ1v) is 7.56. The smallest absolute Gasteiger partial charge is 0.216 e. The highest BCUT2D eigenvalue weighted by Crippen LogP contribution is 2.28.